The number of hydrogen-bond acceptors (Lipinski definition) is 2. The van der Waals surface area contributed by atoms with Gasteiger partial charge in [0.1, 0.15) is 0 Å². The van der Waals surface area contributed by atoms with E-state index in [-0.39, 0.29) is 11.5 Å². The Kier molecular flexibility index (Phi) is 5.49. The molecule has 2 nitrogen and oxygen atoms in total. The van der Waals surface area contributed by atoms with Crippen molar-refractivity contribution in [3.63, 3.8) is 0 Å². The number of allylic oxidation sites excluding steroid dienone is 1. The van der Waals surface area contributed by atoms with E-state index in [0.717, 1.165) is 0 Å². The van der Waals surface area contributed by atoms with E-state index < -0.39 is 0 Å². The molecule has 0 unspecified atom stereocenters. The molecule has 2 heteroatoms. The van der Waals surface area contributed by atoms with Crippen LogP contribution in [0.3, 0.4) is 0 Å². The number of rotatable bonds is 5. The van der Waals surface area contributed by atoms with Crippen molar-refractivity contribution in [2.24, 2.45) is 11.8 Å². The molecule has 0 spiro atoms. The molecule has 14 heavy (non-hydrogen) atoms. The van der Waals surface area contributed by atoms with Gasteiger partial charge >= 0.3 is 0 Å². The Morgan fingerprint density at radius 2 is 2.07 bits per heavy atom. The van der Waals surface area contributed by atoms with E-state index in [0.29, 0.717) is 18.9 Å². The van der Waals surface area contributed by atoms with Crippen LogP contribution >= 0.6 is 0 Å². The van der Waals surface area contributed by atoms with E-state index in [1.165, 1.54) is 0 Å². The molecule has 0 amide bonds. The van der Waals surface area contributed by atoms with Crippen LogP contribution < -0.4 is 0 Å². The second-order valence-electron chi connectivity index (χ2n) is 4.64. The average molecular weight is 195 g/mol. The maximum Gasteiger partial charge on any atom is 0.0625 e. The van der Waals surface area contributed by atoms with E-state index in [1.54, 1.807) is 0 Å². The molecule has 0 aliphatic carbocycles. The Morgan fingerprint density at radius 1 is 1.50 bits per heavy atom. The van der Waals surface area contributed by atoms with Crippen LogP contribution in [0, 0.1) is 23.2 Å². The summed E-state index contributed by atoms with van der Waals surface area (Å²) in [5.74, 6) is 0.591. The minimum Gasteiger partial charge on any atom is -0.376 e. The fourth-order valence-electron chi connectivity index (χ4n) is 1.06. The van der Waals surface area contributed by atoms with Crippen molar-refractivity contribution in [2.45, 2.75) is 39.7 Å². The van der Waals surface area contributed by atoms with Gasteiger partial charge < -0.3 is 4.74 Å². The molecule has 0 aromatic carbocycles. The summed E-state index contributed by atoms with van der Waals surface area (Å²) in [5, 5.41) is 8.67. The van der Waals surface area contributed by atoms with Crippen LogP contribution in [0.2, 0.25) is 0 Å². The first kappa shape index (κ1) is 13.2. The lowest BCUT2D eigenvalue weighted by molar-refractivity contribution is -0.0269. The van der Waals surface area contributed by atoms with Crippen LogP contribution in [-0.2, 0) is 4.74 Å². The van der Waals surface area contributed by atoms with Gasteiger partial charge in [-0.3, -0.25) is 0 Å². The Morgan fingerprint density at radius 3 is 2.43 bits per heavy atom. The Hall–Kier alpha value is -0.810. The molecular formula is C12H21NO. The molecule has 0 aromatic rings. The predicted molar refractivity (Wildman–Crippen MR) is 58.8 cm³/mol. The molecule has 0 rings (SSSR count). The number of ether oxygens (including phenoxy) is 1. The first-order valence-corrected chi connectivity index (χ1v) is 5.04. The molecule has 80 valence electrons. The lowest BCUT2D eigenvalue weighted by Crippen LogP contribution is -2.25. The third kappa shape index (κ3) is 5.77. The van der Waals surface area contributed by atoms with Gasteiger partial charge in [-0.25, -0.2) is 0 Å². The second-order valence-corrected chi connectivity index (χ2v) is 4.64. The molecule has 0 saturated carbocycles. The molecule has 0 bridgehead atoms. The Bertz CT molecular complexity index is 209. The quantitative estimate of drug-likeness (QED) is 0.631. The summed E-state index contributed by atoms with van der Waals surface area (Å²) in [7, 11) is 0. The molecule has 0 aromatic heterocycles. The minimum atomic E-state index is -0.130. The van der Waals surface area contributed by atoms with Crippen LogP contribution in [-0.4, -0.2) is 12.2 Å². The Labute approximate surface area is 87.6 Å². The average Bonchev–Trinajstić information content (AvgIpc) is 2.09. The zero-order valence-electron chi connectivity index (χ0n) is 9.71. The highest BCUT2D eigenvalue weighted by atomic mass is 16.5. The highest BCUT2D eigenvalue weighted by Crippen LogP contribution is 2.19. The first-order valence-electron chi connectivity index (χ1n) is 5.04. The molecule has 0 aliphatic rings. The van der Waals surface area contributed by atoms with Crippen molar-refractivity contribution in [3.8, 4) is 6.07 Å². The van der Waals surface area contributed by atoms with Crippen LogP contribution in [0.4, 0.5) is 0 Å². The van der Waals surface area contributed by atoms with Gasteiger partial charge in [0.15, 0.2) is 0 Å². The SMILES string of the molecule is C=C[C@H](C)[C@H](CC#N)COC(C)(C)C. The fraction of sp³-hybridized carbons (Fsp3) is 0.750. The van der Waals surface area contributed by atoms with E-state index >= 15 is 0 Å². The summed E-state index contributed by atoms with van der Waals surface area (Å²) in [4.78, 5) is 0. The third-order valence-electron chi connectivity index (χ3n) is 2.20. The van der Waals surface area contributed by atoms with Gasteiger partial charge in [0.2, 0.25) is 0 Å². The maximum atomic E-state index is 8.67. The number of hydrogen-bond donors (Lipinski definition) is 0. The summed E-state index contributed by atoms with van der Waals surface area (Å²) in [6.07, 6.45) is 2.41. The van der Waals surface area contributed by atoms with Gasteiger partial charge in [-0.05, 0) is 26.7 Å². The van der Waals surface area contributed by atoms with Crippen LogP contribution in [0.1, 0.15) is 34.1 Å². The monoisotopic (exact) mass is 195 g/mol. The van der Waals surface area contributed by atoms with E-state index in [4.69, 9.17) is 10.00 Å². The van der Waals surface area contributed by atoms with Crippen molar-refractivity contribution in [2.75, 3.05) is 6.61 Å². The summed E-state index contributed by atoms with van der Waals surface area (Å²) in [5.41, 5.74) is -0.130. The highest BCUT2D eigenvalue weighted by molar-refractivity contribution is 4.87. The van der Waals surface area contributed by atoms with Gasteiger partial charge in [-0.1, -0.05) is 13.0 Å². The maximum absolute atomic E-state index is 8.67. The van der Waals surface area contributed by atoms with Gasteiger partial charge in [-0.2, -0.15) is 5.26 Å². The van der Waals surface area contributed by atoms with Crippen molar-refractivity contribution in [1.29, 1.82) is 5.26 Å². The topological polar surface area (TPSA) is 33.0 Å². The lowest BCUT2D eigenvalue weighted by atomic mass is 9.92. The number of nitriles is 1. The standard InChI is InChI=1S/C12H21NO/c1-6-10(2)11(7-8-13)9-14-12(3,4)5/h6,10-11H,1,7,9H2,2-5H3/t10-,11+/m0/s1. The molecule has 0 N–H and O–H groups in total. The van der Waals surface area contributed by atoms with E-state index in [2.05, 4.69) is 19.6 Å². The van der Waals surface area contributed by atoms with Gasteiger partial charge in [0.25, 0.3) is 0 Å². The van der Waals surface area contributed by atoms with Crippen LogP contribution in [0.5, 0.6) is 0 Å². The van der Waals surface area contributed by atoms with Crippen molar-refractivity contribution < 1.29 is 4.74 Å². The lowest BCUT2D eigenvalue weighted by Gasteiger charge is -2.25. The van der Waals surface area contributed by atoms with Gasteiger partial charge in [-0.15, -0.1) is 6.58 Å². The third-order valence-corrected chi connectivity index (χ3v) is 2.20. The van der Waals surface area contributed by atoms with E-state index in [9.17, 15) is 0 Å². The van der Waals surface area contributed by atoms with Crippen molar-refractivity contribution in [1.82, 2.24) is 0 Å². The van der Waals surface area contributed by atoms with Gasteiger partial charge in [0.05, 0.1) is 18.3 Å². The molecule has 0 radical (unpaired) electrons. The zero-order chi connectivity index (χ0) is 11.2. The second kappa shape index (κ2) is 5.82. The van der Waals surface area contributed by atoms with Crippen LogP contribution in [0.25, 0.3) is 0 Å². The number of nitrogens with zero attached hydrogens (tertiary/aromatic N) is 1. The summed E-state index contributed by atoms with van der Waals surface area (Å²) < 4.78 is 5.67. The summed E-state index contributed by atoms with van der Waals surface area (Å²) in [6, 6.07) is 2.19. The summed E-state index contributed by atoms with van der Waals surface area (Å²) >= 11 is 0. The van der Waals surface area contributed by atoms with Crippen LogP contribution in [0.15, 0.2) is 12.7 Å². The fourth-order valence-corrected chi connectivity index (χ4v) is 1.06. The highest BCUT2D eigenvalue weighted by Gasteiger charge is 2.18. The molecule has 0 aliphatic heterocycles. The smallest absolute Gasteiger partial charge is 0.0625 e. The first-order chi connectivity index (χ1) is 6.40. The molecule has 2 atom stereocenters. The minimum absolute atomic E-state index is 0.130. The van der Waals surface area contributed by atoms with Gasteiger partial charge in [0, 0.05) is 12.3 Å². The molecule has 0 heterocycles. The molecular weight excluding hydrogens is 174 g/mol. The van der Waals surface area contributed by atoms with Crippen molar-refractivity contribution in [3.05, 3.63) is 12.7 Å². The summed E-state index contributed by atoms with van der Waals surface area (Å²) in [6.45, 7) is 12.5. The normalized spacial score (nSPS) is 15.6. The molecule has 0 fully saturated rings. The van der Waals surface area contributed by atoms with E-state index in [1.807, 2.05) is 26.8 Å². The Balaban J connectivity index is 4.11. The predicted octanol–water partition coefficient (Wildman–Crippen LogP) is 3.15. The van der Waals surface area contributed by atoms with Crippen molar-refractivity contribution >= 4 is 0 Å². The molecule has 0 saturated heterocycles. The zero-order valence-corrected chi connectivity index (χ0v) is 9.71. The largest absolute Gasteiger partial charge is 0.376 e.